The second kappa shape index (κ2) is 4.93. The predicted octanol–water partition coefficient (Wildman–Crippen LogP) is 1.05. The van der Waals surface area contributed by atoms with Crippen LogP contribution >= 0.6 is 0 Å². The van der Waals surface area contributed by atoms with E-state index in [4.69, 9.17) is 5.73 Å². The van der Waals surface area contributed by atoms with Crippen molar-refractivity contribution in [3.63, 3.8) is 0 Å². The molecule has 2 rings (SSSR count). The fourth-order valence-electron chi connectivity index (χ4n) is 2.68. The van der Waals surface area contributed by atoms with Crippen molar-refractivity contribution < 1.29 is 4.92 Å². The van der Waals surface area contributed by atoms with Crippen molar-refractivity contribution in [3.8, 4) is 0 Å². The van der Waals surface area contributed by atoms with Crippen LogP contribution in [0.1, 0.15) is 25.6 Å². The lowest BCUT2D eigenvalue weighted by atomic mass is 10.2. The molecule has 1 aromatic heterocycles. The molecule has 0 bridgehead atoms. The Morgan fingerprint density at radius 3 is 2.89 bits per heavy atom. The molecule has 0 spiro atoms. The van der Waals surface area contributed by atoms with Gasteiger partial charge in [0.05, 0.1) is 0 Å². The zero-order chi connectivity index (χ0) is 13.3. The van der Waals surface area contributed by atoms with Crippen LogP contribution in [-0.2, 0) is 6.54 Å². The largest absolute Gasteiger partial charge is 0.406 e. The summed E-state index contributed by atoms with van der Waals surface area (Å²) in [5, 5.41) is 11.1. The Balaban J connectivity index is 2.50. The number of aromatic nitrogens is 2. The summed E-state index contributed by atoms with van der Waals surface area (Å²) in [6, 6.07) is 0.185. The van der Waals surface area contributed by atoms with E-state index in [2.05, 4.69) is 4.98 Å². The van der Waals surface area contributed by atoms with Gasteiger partial charge in [-0.2, -0.15) is 0 Å². The van der Waals surface area contributed by atoms with Gasteiger partial charge in [0, 0.05) is 32.6 Å². The molecule has 0 amide bonds. The molecule has 1 aliphatic rings. The summed E-state index contributed by atoms with van der Waals surface area (Å²) in [5.41, 5.74) is 5.74. The number of rotatable bonds is 4. The smallest absolute Gasteiger partial charge is 0.358 e. The second-order valence-corrected chi connectivity index (χ2v) is 4.53. The van der Waals surface area contributed by atoms with Crippen LogP contribution in [0.3, 0.4) is 0 Å². The maximum absolute atomic E-state index is 11.1. The third kappa shape index (κ3) is 1.94. The van der Waals surface area contributed by atoms with Crippen molar-refractivity contribution in [2.75, 3.05) is 18.0 Å². The van der Waals surface area contributed by atoms with Crippen LogP contribution in [0.25, 0.3) is 0 Å². The van der Waals surface area contributed by atoms with Gasteiger partial charge in [-0.3, -0.25) is 4.57 Å². The maximum Gasteiger partial charge on any atom is 0.406 e. The van der Waals surface area contributed by atoms with Gasteiger partial charge < -0.3 is 20.7 Å². The normalized spacial score (nSPS) is 19.5. The summed E-state index contributed by atoms with van der Waals surface area (Å²) < 4.78 is 1.89. The Bertz CT molecular complexity index is 457. The number of nitro groups is 1. The quantitative estimate of drug-likeness (QED) is 0.639. The Morgan fingerprint density at radius 2 is 2.33 bits per heavy atom. The van der Waals surface area contributed by atoms with Crippen LogP contribution in [-0.4, -0.2) is 33.6 Å². The number of nitrogens with zero attached hydrogens (tertiary/aromatic N) is 4. The summed E-state index contributed by atoms with van der Waals surface area (Å²) in [6.45, 7) is 5.78. The highest BCUT2D eigenvalue weighted by atomic mass is 16.6. The highest BCUT2D eigenvalue weighted by Gasteiger charge is 2.34. The first-order valence-corrected chi connectivity index (χ1v) is 6.28. The molecule has 1 fully saturated rings. The summed E-state index contributed by atoms with van der Waals surface area (Å²) >= 11 is 0. The van der Waals surface area contributed by atoms with Gasteiger partial charge in [-0.15, -0.1) is 0 Å². The van der Waals surface area contributed by atoms with Crippen molar-refractivity contribution >= 4 is 11.6 Å². The Morgan fingerprint density at radius 1 is 1.61 bits per heavy atom. The minimum atomic E-state index is -0.402. The second-order valence-electron chi connectivity index (χ2n) is 4.53. The van der Waals surface area contributed by atoms with Crippen LogP contribution in [0.4, 0.5) is 11.6 Å². The van der Waals surface area contributed by atoms with Gasteiger partial charge in [0.1, 0.15) is 0 Å². The van der Waals surface area contributed by atoms with E-state index in [0.717, 1.165) is 19.4 Å². The van der Waals surface area contributed by atoms with E-state index in [-0.39, 0.29) is 11.9 Å². The number of nitrogens with two attached hydrogens (primary N) is 1. The van der Waals surface area contributed by atoms with Crippen LogP contribution in [0, 0.1) is 17.0 Å². The van der Waals surface area contributed by atoms with Gasteiger partial charge in [0.2, 0.25) is 11.6 Å². The molecule has 0 aromatic carbocycles. The number of hydrogen-bond acceptors (Lipinski definition) is 5. The van der Waals surface area contributed by atoms with E-state index in [1.807, 2.05) is 16.4 Å². The minimum Gasteiger partial charge on any atom is -0.358 e. The van der Waals surface area contributed by atoms with E-state index in [0.29, 0.717) is 24.7 Å². The molecule has 0 saturated carbocycles. The van der Waals surface area contributed by atoms with Gasteiger partial charge in [0.25, 0.3) is 0 Å². The third-order valence-electron chi connectivity index (χ3n) is 3.52. The van der Waals surface area contributed by atoms with Crippen molar-refractivity contribution in [3.05, 3.63) is 15.9 Å². The molecule has 1 unspecified atom stereocenters. The summed E-state index contributed by atoms with van der Waals surface area (Å²) in [5.74, 6) is 1.25. The predicted molar refractivity (Wildman–Crippen MR) is 68.7 cm³/mol. The maximum atomic E-state index is 11.1. The first-order valence-electron chi connectivity index (χ1n) is 6.28. The van der Waals surface area contributed by atoms with Gasteiger partial charge >= 0.3 is 5.82 Å². The molecule has 7 heteroatoms. The highest BCUT2D eigenvalue weighted by molar-refractivity contribution is 5.57. The van der Waals surface area contributed by atoms with Crippen molar-refractivity contribution in [1.82, 2.24) is 9.55 Å². The van der Waals surface area contributed by atoms with E-state index in [9.17, 15) is 10.1 Å². The average molecular weight is 253 g/mol. The molecule has 7 nitrogen and oxygen atoms in total. The van der Waals surface area contributed by atoms with Crippen LogP contribution < -0.4 is 10.6 Å². The lowest BCUT2D eigenvalue weighted by Gasteiger charge is -2.25. The SMILES string of the molecule is CCn1c(C)nc([N+](=O)[O-])c1N1CCCC1CN. The molecule has 2 heterocycles. The lowest BCUT2D eigenvalue weighted by molar-refractivity contribution is -0.388. The van der Waals surface area contributed by atoms with Crippen LogP contribution in [0.2, 0.25) is 0 Å². The highest BCUT2D eigenvalue weighted by Crippen LogP contribution is 2.33. The van der Waals surface area contributed by atoms with Crippen molar-refractivity contribution in [2.24, 2.45) is 5.73 Å². The molecular formula is C11H19N5O2. The zero-order valence-electron chi connectivity index (χ0n) is 10.8. The van der Waals surface area contributed by atoms with Gasteiger partial charge in [-0.25, -0.2) is 0 Å². The molecule has 100 valence electrons. The average Bonchev–Trinajstić information content (AvgIpc) is 2.91. The van der Waals surface area contributed by atoms with Crippen LogP contribution in [0.15, 0.2) is 0 Å². The van der Waals surface area contributed by atoms with Crippen LogP contribution in [0.5, 0.6) is 0 Å². The molecule has 0 aliphatic carbocycles. The fourth-order valence-corrected chi connectivity index (χ4v) is 2.68. The number of aryl methyl sites for hydroxylation is 1. The molecule has 2 N–H and O–H groups in total. The molecule has 1 aromatic rings. The van der Waals surface area contributed by atoms with Gasteiger partial charge in [-0.1, -0.05) is 0 Å². The van der Waals surface area contributed by atoms with Gasteiger partial charge in [0.15, 0.2) is 0 Å². The molecule has 1 atom stereocenters. The lowest BCUT2D eigenvalue weighted by Crippen LogP contribution is -2.37. The van der Waals surface area contributed by atoms with E-state index >= 15 is 0 Å². The summed E-state index contributed by atoms with van der Waals surface area (Å²) in [4.78, 5) is 16.8. The first kappa shape index (κ1) is 12.8. The standard InChI is InChI=1S/C11H19N5O2/c1-3-14-8(2)13-10(16(17)18)11(14)15-6-4-5-9(15)7-12/h9H,3-7,12H2,1-2H3. The van der Waals surface area contributed by atoms with E-state index < -0.39 is 4.92 Å². The minimum absolute atomic E-state index is 0.0466. The summed E-state index contributed by atoms with van der Waals surface area (Å²) in [7, 11) is 0. The molecule has 1 aliphatic heterocycles. The molecular weight excluding hydrogens is 234 g/mol. The Kier molecular flexibility index (Phi) is 3.51. The van der Waals surface area contributed by atoms with Crippen molar-refractivity contribution in [2.45, 2.75) is 39.3 Å². The third-order valence-corrected chi connectivity index (χ3v) is 3.52. The Hall–Kier alpha value is -1.63. The number of imidazole rings is 1. The summed E-state index contributed by atoms with van der Waals surface area (Å²) in [6.07, 6.45) is 2.01. The molecule has 1 saturated heterocycles. The molecule has 18 heavy (non-hydrogen) atoms. The molecule has 0 radical (unpaired) electrons. The number of hydrogen-bond donors (Lipinski definition) is 1. The van der Waals surface area contributed by atoms with Gasteiger partial charge in [-0.05, 0) is 29.7 Å². The fraction of sp³-hybridized carbons (Fsp3) is 0.727. The monoisotopic (exact) mass is 253 g/mol. The number of anilines is 1. The zero-order valence-corrected chi connectivity index (χ0v) is 10.8. The van der Waals surface area contributed by atoms with E-state index in [1.165, 1.54) is 0 Å². The first-order chi connectivity index (χ1) is 8.60. The Labute approximate surface area is 106 Å². The van der Waals surface area contributed by atoms with E-state index in [1.54, 1.807) is 6.92 Å². The van der Waals surface area contributed by atoms with Crippen molar-refractivity contribution in [1.29, 1.82) is 0 Å². The topological polar surface area (TPSA) is 90.2 Å².